The highest BCUT2D eigenvalue weighted by Gasteiger charge is 2.50. The van der Waals surface area contributed by atoms with Gasteiger partial charge in [0.05, 0.1) is 45.5 Å². The summed E-state index contributed by atoms with van der Waals surface area (Å²) in [6, 6.07) is 15.2. The number of nitrogens with zero attached hydrogens (tertiary/aromatic N) is 3. The predicted octanol–water partition coefficient (Wildman–Crippen LogP) is 7.82. The third-order valence-corrected chi connectivity index (χ3v) is 16.4. The van der Waals surface area contributed by atoms with E-state index < -0.39 is 53.6 Å². The number of likely N-dealkylation sites (tertiary alicyclic amines) is 2. The second kappa shape index (κ2) is 21.2. The van der Waals surface area contributed by atoms with Crippen LogP contribution >= 0.6 is 0 Å². The highest BCUT2D eigenvalue weighted by Crippen LogP contribution is 2.51. The third-order valence-electron chi connectivity index (χ3n) is 16.4. The number of hydrogen-bond donors (Lipinski definition) is 4. The molecule has 1 aromatic heterocycles. The number of imidazole rings is 1. The van der Waals surface area contributed by atoms with Crippen LogP contribution in [0, 0.1) is 11.8 Å². The summed E-state index contributed by atoms with van der Waals surface area (Å²) in [5.41, 5.74) is 8.09. The first-order valence-corrected chi connectivity index (χ1v) is 25.7. The van der Waals surface area contributed by atoms with Crippen molar-refractivity contribution < 1.29 is 52.5 Å². The number of esters is 2. The highest BCUT2D eigenvalue weighted by molar-refractivity contribution is 6.00. The van der Waals surface area contributed by atoms with Gasteiger partial charge in [-0.25, -0.2) is 14.6 Å². The molecule has 9 rings (SSSR count). The minimum Gasteiger partial charge on any atom is -0.469 e. The van der Waals surface area contributed by atoms with Gasteiger partial charge in [0.1, 0.15) is 23.9 Å². The molecule has 0 radical (unpaired) electrons. The Morgan fingerprint density at radius 3 is 1.81 bits per heavy atom. The van der Waals surface area contributed by atoms with Crippen molar-refractivity contribution >= 4 is 58.6 Å². The van der Waals surface area contributed by atoms with Crippen molar-refractivity contribution in [3.05, 3.63) is 71.5 Å². The van der Waals surface area contributed by atoms with E-state index in [1.807, 2.05) is 29.2 Å². The summed E-state index contributed by atoms with van der Waals surface area (Å²) in [5.74, 6) is -0.904. The molecule has 18 nitrogen and oxygen atoms in total. The maximum absolute atomic E-state index is 14.5. The van der Waals surface area contributed by atoms with Crippen molar-refractivity contribution in [2.45, 2.75) is 145 Å². The zero-order valence-corrected chi connectivity index (χ0v) is 42.5. The quantitative estimate of drug-likeness (QED) is 0.0701. The van der Waals surface area contributed by atoms with E-state index in [-0.39, 0.29) is 67.5 Å². The first-order chi connectivity index (χ1) is 35.1. The van der Waals surface area contributed by atoms with E-state index in [9.17, 15) is 33.6 Å². The summed E-state index contributed by atoms with van der Waals surface area (Å²) in [4.78, 5) is 105. The summed E-state index contributed by atoms with van der Waals surface area (Å²) in [7, 11) is 5.01. The second-order valence-corrected chi connectivity index (χ2v) is 20.8. The molecule has 0 bridgehead atoms. The number of fused-ring (bicyclic) bond motifs is 6. The normalized spacial score (nSPS) is 23.2. The van der Waals surface area contributed by atoms with E-state index >= 15 is 0 Å². The summed E-state index contributed by atoms with van der Waals surface area (Å²) in [6.07, 6.45) is 7.07. The second-order valence-electron chi connectivity index (χ2n) is 20.8. The number of benzene rings is 3. The van der Waals surface area contributed by atoms with E-state index in [0.29, 0.717) is 17.9 Å². The predicted molar refractivity (Wildman–Crippen MR) is 270 cm³/mol. The molecule has 5 aliphatic rings. The fourth-order valence-corrected chi connectivity index (χ4v) is 12.6. The number of rotatable bonds is 14. The molecule has 4 aromatic rings. The minimum absolute atomic E-state index is 0.00394. The Morgan fingerprint density at radius 2 is 1.19 bits per heavy atom. The molecule has 73 heavy (non-hydrogen) atoms. The molecule has 3 heterocycles. The van der Waals surface area contributed by atoms with Crippen LogP contribution in [0.25, 0.3) is 33.3 Å². The lowest BCUT2D eigenvalue weighted by Crippen LogP contribution is -2.55. The van der Waals surface area contributed by atoms with Gasteiger partial charge in [0.2, 0.25) is 17.7 Å². The Morgan fingerprint density at radius 1 is 0.658 bits per heavy atom. The van der Waals surface area contributed by atoms with Crippen molar-refractivity contribution in [1.82, 2.24) is 30.4 Å². The molecule has 3 aromatic carbocycles. The van der Waals surface area contributed by atoms with E-state index in [1.165, 1.54) is 28.4 Å². The van der Waals surface area contributed by atoms with E-state index in [1.54, 1.807) is 4.90 Å². The van der Waals surface area contributed by atoms with Crippen molar-refractivity contribution in [2.24, 2.45) is 11.8 Å². The summed E-state index contributed by atoms with van der Waals surface area (Å²) < 4.78 is 19.4. The molecule has 2 aliphatic heterocycles. The van der Waals surface area contributed by atoms with E-state index in [2.05, 4.69) is 65.1 Å². The number of H-pyrrole nitrogens is 1. The first-order valence-electron chi connectivity index (χ1n) is 25.7. The molecule has 3 aliphatic carbocycles. The molecular weight excluding hydrogens is 935 g/mol. The van der Waals surface area contributed by atoms with Gasteiger partial charge in [-0.1, -0.05) is 63.8 Å². The Kier molecular flexibility index (Phi) is 14.8. The zero-order chi connectivity index (χ0) is 51.7. The maximum atomic E-state index is 14.5. The van der Waals surface area contributed by atoms with Crippen LogP contribution in [0.4, 0.5) is 15.3 Å². The summed E-state index contributed by atoms with van der Waals surface area (Å²) >= 11 is 0. The number of aromatic nitrogens is 2. The summed E-state index contributed by atoms with van der Waals surface area (Å²) in [5, 5.41) is 8.44. The van der Waals surface area contributed by atoms with Crippen LogP contribution in [-0.4, -0.2) is 120 Å². The van der Waals surface area contributed by atoms with Crippen LogP contribution in [-0.2, 0) is 48.3 Å². The standard InChI is InChI=1S/C55H67N7O11/c1-55(2)37-25-30(31-16-20-39-42(26-31)58-49(57-39)45-27-32-11-7-9-13-43(32)61(45)51(66)40(59-53(68)72-5)21-23-47(63)70-3)15-18-35(37)36-19-17-34(29-38(36)55)56-50(65)46-28-33-12-8-10-14-44(33)62(46)52(67)41(60-54(69)73-6)22-24-48(64)71-4/h15-20,25-26,29,32-33,40-41,43-46H,7-14,21-24,27-28H2,1-6H3,(H,56,65)(H,57,58)(H,59,68)(H,60,69)/t32-,33-,40-,41-,43-,44-,45-,46-/m0/s1. The van der Waals surface area contributed by atoms with Gasteiger partial charge < -0.3 is 49.7 Å². The molecule has 2 saturated heterocycles. The lowest BCUT2D eigenvalue weighted by Gasteiger charge is -2.36. The van der Waals surface area contributed by atoms with Crippen LogP contribution in [0.5, 0.6) is 0 Å². The Hall–Kier alpha value is -6.98. The van der Waals surface area contributed by atoms with Crippen LogP contribution < -0.4 is 16.0 Å². The number of anilines is 1. The Bertz CT molecular complexity index is 2810. The number of carbonyl (C=O) groups is 7. The van der Waals surface area contributed by atoms with Gasteiger partial charge >= 0.3 is 24.1 Å². The molecule has 388 valence electrons. The van der Waals surface area contributed by atoms with Gasteiger partial charge in [-0.2, -0.15) is 0 Å². The molecule has 5 amide bonds. The molecule has 0 unspecified atom stereocenters. The SMILES string of the molecule is COC(=O)CC[C@H](NC(=O)OC)C(=O)N1[C@H](C(=O)Nc2ccc3c(c2)C(C)(C)c2cc(-c4ccc5nc([C@@H]6C[C@@H]7CCCC[C@@H]7N6C(=O)[C@H](CCC(=O)OC)NC(=O)OC)[nH]c5c4)ccc2-3)C[C@@H]2CCCC[C@@H]21. The first kappa shape index (κ1) is 50.9. The van der Waals surface area contributed by atoms with Crippen molar-refractivity contribution in [3.8, 4) is 22.3 Å². The number of ether oxygens (including phenoxy) is 4. The van der Waals surface area contributed by atoms with Crippen molar-refractivity contribution in [2.75, 3.05) is 33.8 Å². The minimum atomic E-state index is -1.08. The smallest absolute Gasteiger partial charge is 0.407 e. The molecule has 0 spiro atoms. The largest absolute Gasteiger partial charge is 0.469 e. The number of aromatic amines is 1. The van der Waals surface area contributed by atoms with Gasteiger partial charge in [-0.3, -0.25) is 24.0 Å². The van der Waals surface area contributed by atoms with Crippen LogP contribution in [0.2, 0.25) is 0 Å². The molecule has 4 N–H and O–H groups in total. The van der Waals surface area contributed by atoms with Crippen LogP contribution in [0.15, 0.2) is 54.6 Å². The van der Waals surface area contributed by atoms with Crippen LogP contribution in [0.3, 0.4) is 0 Å². The lowest BCUT2D eigenvalue weighted by molar-refractivity contribution is -0.144. The number of nitrogens with one attached hydrogen (secondary N) is 4. The van der Waals surface area contributed by atoms with E-state index in [0.717, 1.165) is 102 Å². The fourth-order valence-electron chi connectivity index (χ4n) is 12.6. The molecule has 18 heteroatoms. The number of alkyl carbamates (subject to hydrolysis) is 2. The topological polar surface area (TPSA) is 228 Å². The van der Waals surface area contributed by atoms with Crippen LogP contribution in [0.1, 0.15) is 127 Å². The van der Waals surface area contributed by atoms with E-state index in [4.69, 9.17) is 23.9 Å². The molecule has 8 atom stereocenters. The van der Waals surface area contributed by atoms with Gasteiger partial charge in [-0.15, -0.1) is 0 Å². The molecule has 4 fully saturated rings. The van der Waals surface area contributed by atoms with Gasteiger partial charge in [0.25, 0.3) is 0 Å². The highest BCUT2D eigenvalue weighted by atomic mass is 16.5. The average molecular weight is 1000 g/mol. The average Bonchev–Trinajstić information content (AvgIpc) is 4.17. The van der Waals surface area contributed by atoms with Gasteiger partial charge in [-0.05, 0) is 127 Å². The number of amides is 5. The zero-order valence-electron chi connectivity index (χ0n) is 42.5. The van der Waals surface area contributed by atoms with Crippen molar-refractivity contribution in [1.29, 1.82) is 0 Å². The number of hydrogen-bond acceptors (Lipinski definition) is 12. The number of carbonyl (C=O) groups excluding carboxylic acids is 7. The Labute approximate surface area is 425 Å². The van der Waals surface area contributed by atoms with Gasteiger partial charge in [0, 0.05) is 36.0 Å². The lowest BCUT2D eigenvalue weighted by atomic mass is 9.81. The fraction of sp³-hybridized carbons (Fsp3) is 0.527. The number of methoxy groups -OCH3 is 4. The molecule has 2 saturated carbocycles. The third kappa shape index (κ3) is 10.1. The van der Waals surface area contributed by atoms with Crippen molar-refractivity contribution in [3.63, 3.8) is 0 Å². The maximum Gasteiger partial charge on any atom is 0.407 e. The monoisotopic (exact) mass is 1000 g/mol. The summed E-state index contributed by atoms with van der Waals surface area (Å²) in [6.45, 7) is 4.35. The van der Waals surface area contributed by atoms with Gasteiger partial charge in [0.15, 0.2) is 0 Å². The Balaban J connectivity index is 0.943. The molecular formula is C55H67N7O11.